The van der Waals surface area contributed by atoms with Gasteiger partial charge in [0.2, 0.25) is 0 Å². The van der Waals surface area contributed by atoms with Gasteiger partial charge in [-0.05, 0) is 67.5 Å². The molecule has 5 heteroatoms. The van der Waals surface area contributed by atoms with Gasteiger partial charge < -0.3 is 14.4 Å². The average molecular weight is 431 g/mol. The monoisotopic (exact) mass is 430 g/mol. The maximum absolute atomic E-state index is 12.8. The Hall–Kier alpha value is -3.34. The van der Waals surface area contributed by atoms with Crippen molar-refractivity contribution in [1.82, 2.24) is 9.88 Å². The van der Waals surface area contributed by atoms with Crippen LogP contribution in [-0.4, -0.2) is 35.0 Å². The number of ether oxygens (including phenoxy) is 2. The Labute approximate surface area is 190 Å². The Kier molecular flexibility index (Phi) is 7.38. The van der Waals surface area contributed by atoms with Gasteiger partial charge in [-0.3, -0.25) is 9.78 Å². The smallest absolute Gasteiger partial charge is 0.263 e. The summed E-state index contributed by atoms with van der Waals surface area (Å²) in [5.74, 6) is 2.24. The normalized spacial score (nSPS) is 15.2. The first kappa shape index (κ1) is 21.9. The number of amides is 1. The molecule has 32 heavy (non-hydrogen) atoms. The van der Waals surface area contributed by atoms with Crippen molar-refractivity contribution in [3.05, 3.63) is 90.3 Å². The minimum Gasteiger partial charge on any atom is -0.489 e. The van der Waals surface area contributed by atoms with Gasteiger partial charge in [0.1, 0.15) is 18.1 Å². The molecule has 0 aliphatic carbocycles. The lowest BCUT2D eigenvalue weighted by Gasteiger charge is -2.33. The molecule has 1 unspecified atom stereocenters. The van der Waals surface area contributed by atoms with Gasteiger partial charge in [0.05, 0.1) is 0 Å². The van der Waals surface area contributed by atoms with E-state index in [0.29, 0.717) is 12.5 Å². The molecule has 0 N–H and O–H groups in total. The molecule has 0 radical (unpaired) electrons. The maximum atomic E-state index is 12.8. The molecule has 2 heterocycles. The summed E-state index contributed by atoms with van der Waals surface area (Å²) in [6, 6.07) is 21.9. The van der Waals surface area contributed by atoms with Gasteiger partial charge in [0, 0.05) is 25.5 Å². The van der Waals surface area contributed by atoms with Crippen molar-refractivity contribution in [2.24, 2.45) is 5.92 Å². The molecule has 1 amide bonds. The second-order valence-electron chi connectivity index (χ2n) is 8.33. The molecule has 1 aliphatic rings. The first-order valence-corrected chi connectivity index (χ1v) is 11.3. The fourth-order valence-corrected chi connectivity index (χ4v) is 4.07. The highest BCUT2D eigenvalue weighted by atomic mass is 16.5. The SMILES string of the molecule is CC(Oc1ccccc1)C(=O)N1CCC(Cc2ccc(COc3ccncc3)cc2)CC1. The Morgan fingerprint density at radius 3 is 2.28 bits per heavy atom. The molecule has 2 aromatic carbocycles. The number of piperidine rings is 1. The molecule has 1 aliphatic heterocycles. The minimum absolute atomic E-state index is 0.0749. The summed E-state index contributed by atoms with van der Waals surface area (Å²) >= 11 is 0. The second-order valence-corrected chi connectivity index (χ2v) is 8.33. The van der Waals surface area contributed by atoms with Crippen LogP contribution in [0.1, 0.15) is 30.9 Å². The van der Waals surface area contributed by atoms with E-state index in [1.54, 1.807) is 12.4 Å². The van der Waals surface area contributed by atoms with Crippen LogP contribution in [0.3, 0.4) is 0 Å². The van der Waals surface area contributed by atoms with Crippen molar-refractivity contribution in [2.45, 2.75) is 38.9 Å². The summed E-state index contributed by atoms with van der Waals surface area (Å²) in [5, 5.41) is 0. The summed E-state index contributed by atoms with van der Waals surface area (Å²) < 4.78 is 11.6. The second kappa shape index (κ2) is 10.8. The summed E-state index contributed by atoms with van der Waals surface area (Å²) in [4.78, 5) is 18.7. The Bertz CT molecular complexity index is 969. The van der Waals surface area contributed by atoms with Crippen LogP contribution in [0.25, 0.3) is 0 Å². The van der Waals surface area contributed by atoms with Crippen LogP contribution in [0.2, 0.25) is 0 Å². The lowest BCUT2D eigenvalue weighted by Crippen LogP contribution is -2.45. The maximum Gasteiger partial charge on any atom is 0.263 e. The lowest BCUT2D eigenvalue weighted by molar-refractivity contribution is -0.139. The van der Waals surface area contributed by atoms with Gasteiger partial charge >= 0.3 is 0 Å². The molecule has 5 nitrogen and oxygen atoms in total. The average Bonchev–Trinajstić information content (AvgIpc) is 2.85. The van der Waals surface area contributed by atoms with Gasteiger partial charge in [0.25, 0.3) is 5.91 Å². The van der Waals surface area contributed by atoms with Crippen LogP contribution in [-0.2, 0) is 17.8 Å². The Balaban J connectivity index is 1.21. The van der Waals surface area contributed by atoms with Crippen molar-refractivity contribution >= 4 is 5.91 Å². The van der Waals surface area contributed by atoms with Crippen molar-refractivity contribution in [1.29, 1.82) is 0 Å². The Morgan fingerprint density at radius 2 is 1.59 bits per heavy atom. The van der Waals surface area contributed by atoms with Gasteiger partial charge in [-0.15, -0.1) is 0 Å². The molecular formula is C27H30N2O3. The van der Waals surface area contributed by atoms with E-state index >= 15 is 0 Å². The van der Waals surface area contributed by atoms with Gasteiger partial charge in [-0.2, -0.15) is 0 Å². The van der Waals surface area contributed by atoms with Crippen LogP contribution < -0.4 is 9.47 Å². The number of pyridine rings is 1. The van der Waals surface area contributed by atoms with Crippen LogP contribution in [0.15, 0.2) is 79.1 Å². The quantitative estimate of drug-likeness (QED) is 0.510. The zero-order valence-corrected chi connectivity index (χ0v) is 18.5. The highest BCUT2D eigenvalue weighted by Crippen LogP contribution is 2.23. The number of benzene rings is 2. The fraction of sp³-hybridized carbons (Fsp3) is 0.333. The van der Waals surface area contributed by atoms with Crippen molar-refractivity contribution in [3.63, 3.8) is 0 Å². The summed E-state index contributed by atoms with van der Waals surface area (Å²) in [7, 11) is 0. The molecule has 0 spiro atoms. The molecule has 1 aromatic heterocycles. The molecule has 0 bridgehead atoms. The van der Waals surface area contributed by atoms with E-state index in [-0.39, 0.29) is 5.91 Å². The number of carbonyl (C=O) groups excluding carboxylic acids is 1. The standard InChI is InChI=1S/C27H30N2O3/c1-21(32-26-5-3-2-4-6-26)27(30)29-17-13-23(14-18-29)19-22-7-9-24(10-8-22)20-31-25-11-15-28-16-12-25/h2-12,15-16,21,23H,13-14,17-20H2,1H3. The highest BCUT2D eigenvalue weighted by Gasteiger charge is 2.27. The van der Waals surface area contributed by atoms with E-state index in [9.17, 15) is 4.79 Å². The largest absolute Gasteiger partial charge is 0.489 e. The molecule has 1 saturated heterocycles. The van der Waals surface area contributed by atoms with Gasteiger partial charge in [0.15, 0.2) is 6.10 Å². The molecule has 166 valence electrons. The lowest BCUT2D eigenvalue weighted by atomic mass is 9.90. The zero-order valence-electron chi connectivity index (χ0n) is 18.5. The number of rotatable bonds is 8. The fourth-order valence-electron chi connectivity index (χ4n) is 4.07. The highest BCUT2D eigenvalue weighted by molar-refractivity contribution is 5.81. The first-order valence-electron chi connectivity index (χ1n) is 11.3. The predicted molar refractivity (Wildman–Crippen MR) is 125 cm³/mol. The number of hydrogen-bond donors (Lipinski definition) is 0. The summed E-state index contributed by atoms with van der Waals surface area (Å²) in [5.41, 5.74) is 2.49. The van der Waals surface area contributed by atoms with E-state index in [1.807, 2.05) is 54.3 Å². The molecular weight excluding hydrogens is 400 g/mol. The number of likely N-dealkylation sites (tertiary alicyclic amines) is 1. The molecule has 3 aromatic rings. The van der Waals surface area contributed by atoms with Crippen LogP contribution in [0, 0.1) is 5.92 Å². The van der Waals surface area contributed by atoms with E-state index in [2.05, 4.69) is 29.2 Å². The topological polar surface area (TPSA) is 51.7 Å². The molecule has 1 atom stereocenters. The third-order valence-corrected chi connectivity index (χ3v) is 5.93. The summed E-state index contributed by atoms with van der Waals surface area (Å²) in [6.45, 7) is 3.98. The van der Waals surface area contributed by atoms with Crippen LogP contribution in [0.5, 0.6) is 11.5 Å². The van der Waals surface area contributed by atoms with Gasteiger partial charge in [-0.25, -0.2) is 0 Å². The number of nitrogens with zero attached hydrogens (tertiary/aromatic N) is 2. The predicted octanol–water partition coefficient (Wildman–Crippen LogP) is 4.91. The molecule has 1 fully saturated rings. The zero-order chi connectivity index (χ0) is 22.2. The van der Waals surface area contributed by atoms with E-state index in [0.717, 1.165) is 49.4 Å². The van der Waals surface area contributed by atoms with E-state index < -0.39 is 6.10 Å². The van der Waals surface area contributed by atoms with Crippen molar-refractivity contribution in [3.8, 4) is 11.5 Å². The number of hydrogen-bond acceptors (Lipinski definition) is 4. The van der Waals surface area contributed by atoms with E-state index in [1.165, 1.54) is 5.56 Å². The number of para-hydroxylation sites is 1. The van der Waals surface area contributed by atoms with Crippen molar-refractivity contribution < 1.29 is 14.3 Å². The number of aromatic nitrogens is 1. The van der Waals surface area contributed by atoms with Crippen LogP contribution >= 0.6 is 0 Å². The van der Waals surface area contributed by atoms with E-state index in [4.69, 9.17) is 9.47 Å². The van der Waals surface area contributed by atoms with Crippen molar-refractivity contribution in [2.75, 3.05) is 13.1 Å². The third kappa shape index (κ3) is 6.10. The molecule has 0 saturated carbocycles. The third-order valence-electron chi connectivity index (χ3n) is 5.93. The minimum atomic E-state index is -0.462. The summed E-state index contributed by atoms with van der Waals surface area (Å²) in [6.07, 6.45) is 6.09. The first-order chi connectivity index (χ1) is 15.7. The van der Waals surface area contributed by atoms with Gasteiger partial charge in [-0.1, -0.05) is 42.5 Å². The number of carbonyl (C=O) groups is 1. The van der Waals surface area contributed by atoms with Crippen LogP contribution in [0.4, 0.5) is 0 Å². The molecule has 4 rings (SSSR count). The Morgan fingerprint density at radius 1 is 0.938 bits per heavy atom.